The molecule has 3 aromatic rings. The number of nitrogens with one attached hydrogen (secondary N) is 2. The third kappa shape index (κ3) is 8.03. The zero-order valence-corrected chi connectivity index (χ0v) is 30.9. The maximum atomic E-state index is 13.8. The van der Waals surface area contributed by atoms with Gasteiger partial charge in [-0.25, -0.2) is 0 Å². The molecular formula is C41H53N5O5. The molecule has 3 saturated carbocycles. The summed E-state index contributed by atoms with van der Waals surface area (Å²) in [4.78, 5) is 43.6. The fraction of sp³-hybridized carbons (Fsp3) is 0.512. The van der Waals surface area contributed by atoms with E-state index in [1.54, 1.807) is 19.2 Å². The van der Waals surface area contributed by atoms with Gasteiger partial charge in [0.05, 0.1) is 20.3 Å². The van der Waals surface area contributed by atoms with Gasteiger partial charge >= 0.3 is 0 Å². The van der Waals surface area contributed by atoms with Crippen molar-refractivity contribution in [1.29, 1.82) is 0 Å². The minimum Gasteiger partial charge on any atom is -0.496 e. The Morgan fingerprint density at radius 2 is 1.86 bits per heavy atom. The molecule has 2 bridgehead atoms. The zero-order valence-electron chi connectivity index (χ0n) is 30.9. The summed E-state index contributed by atoms with van der Waals surface area (Å²) >= 11 is 0. The number of para-hydroxylation sites is 1. The summed E-state index contributed by atoms with van der Waals surface area (Å²) in [6.07, 6.45) is 2.95. The topological polar surface area (TPSA) is 113 Å². The fourth-order valence-electron chi connectivity index (χ4n) is 8.80. The third-order valence-electron chi connectivity index (χ3n) is 11.7. The first-order valence-corrected chi connectivity index (χ1v) is 18.2. The van der Waals surface area contributed by atoms with Gasteiger partial charge in [0.15, 0.2) is 0 Å². The van der Waals surface area contributed by atoms with Gasteiger partial charge < -0.3 is 25.0 Å². The minimum atomic E-state index is -0.422. The number of fused-ring (bicyclic) bond motifs is 2. The van der Waals surface area contributed by atoms with E-state index in [4.69, 9.17) is 9.47 Å². The van der Waals surface area contributed by atoms with Gasteiger partial charge in [-0.1, -0.05) is 69.3 Å². The second-order valence-electron chi connectivity index (χ2n) is 15.6. The van der Waals surface area contributed by atoms with Crippen molar-refractivity contribution in [2.45, 2.75) is 64.7 Å². The molecule has 0 spiro atoms. The summed E-state index contributed by atoms with van der Waals surface area (Å²) in [5.41, 5.74) is 4.25. The molecular weight excluding hydrogens is 642 g/mol. The number of hydrogen-bond acceptors (Lipinski definition) is 8. The fourth-order valence-corrected chi connectivity index (χ4v) is 8.80. The summed E-state index contributed by atoms with van der Waals surface area (Å²) in [7, 11) is 5.57. The lowest BCUT2D eigenvalue weighted by Crippen LogP contribution is -2.63. The Labute approximate surface area is 302 Å². The van der Waals surface area contributed by atoms with E-state index in [9.17, 15) is 14.5 Å². The number of amides is 2. The Kier molecular flexibility index (Phi) is 11.2. The van der Waals surface area contributed by atoms with Crippen LogP contribution in [0.25, 0.3) is 11.1 Å². The Morgan fingerprint density at radius 3 is 2.55 bits per heavy atom. The highest BCUT2D eigenvalue weighted by atomic mass is 16.5. The summed E-state index contributed by atoms with van der Waals surface area (Å²) in [6.45, 7) is 9.62. The highest BCUT2D eigenvalue weighted by Crippen LogP contribution is 2.61. The molecule has 7 rings (SSSR count). The van der Waals surface area contributed by atoms with Crippen LogP contribution in [0.5, 0.6) is 5.75 Å². The molecule has 1 aliphatic heterocycles. The van der Waals surface area contributed by atoms with Crippen LogP contribution in [0.3, 0.4) is 0 Å². The second-order valence-corrected chi connectivity index (χ2v) is 15.6. The highest BCUT2D eigenvalue weighted by Gasteiger charge is 2.56. The number of carbonyl (C=O) groups is 2. The van der Waals surface area contributed by atoms with E-state index in [1.165, 1.54) is 12.5 Å². The Balaban J connectivity index is 1.21. The van der Waals surface area contributed by atoms with E-state index >= 15 is 0 Å². The number of rotatable bonds is 13. The number of benzene rings is 3. The van der Waals surface area contributed by atoms with Gasteiger partial charge in [0, 0.05) is 48.4 Å². The Bertz CT molecular complexity index is 1710. The number of carbonyl (C=O) groups excluding carboxylic acids is 2. The largest absolute Gasteiger partial charge is 0.496 e. The van der Waals surface area contributed by atoms with Gasteiger partial charge in [0.1, 0.15) is 17.5 Å². The van der Waals surface area contributed by atoms with E-state index in [1.807, 2.05) is 55.4 Å². The number of ether oxygens (including phenoxy) is 2. The molecule has 0 unspecified atom stereocenters. The summed E-state index contributed by atoms with van der Waals surface area (Å²) in [5.74, 6) is 2.09. The van der Waals surface area contributed by atoms with Crippen molar-refractivity contribution in [2.24, 2.45) is 28.3 Å². The molecule has 272 valence electrons. The van der Waals surface area contributed by atoms with Gasteiger partial charge in [-0.05, 0) is 91.0 Å². The lowest BCUT2D eigenvalue weighted by Gasteiger charge is -2.62. The van der Waals surface area contributed by atoms with E-state index in [0.29, 0.717) is 79.3 Å². The maximum Gasteiger partial charge on any atom is 0.251 e. The second kappa shape index (κ2) is 15.6. The third-order valence-corrected chi connectivity index (χ3v) is 11.7. The van der Waals surface area contributed by atoms with Crippen LogP contribution in [-0.2, 0) is 22.5 Å². The Hall–Kier alpha value is -4.12. The van der Waals surface area contributed by atoms with Gasteiger partial charge in [0.25, 0.3) is 5.91 Å². The molecule has 1 heterocycles. The molecule has 6 atom stereocenters. The quantitative estimate of drug-likeness (QED) is 0.210. The van der Waals surface area contributed by atoms with Crippen molar-refractivity contribution in [2.75, 3.05) is 47.5 Å². The van der Waals surface area contributed by atoms with Gasteiger partial charge in [-0.2, -0.15) is 0 Å². The Morgan fingerprint density at radius 1 is 1.08 bits per heavy atom. The van der Waals surface area contributed by atoms with Crippen molar-refractivity contribution in [1.82, 2.24) is 20.4 Å². The summed E-state index contributed by atoms with van der Waals surface area (Å²) in [6, 6.07) is 20.5. The van der Waals surface area contributed by atoms with Crippen LogP contribution in [0.1, 0.15) is 55.1 Å². The number of morpholine rings is 1. The summed E-state index contributed by atoms with van der Waals surface area (Å²) < 4.78 is 11.8. The maximum absolute atomic E-state index is 13.8. The first-order valence-electron chi connectivity index (χ1n) is 18.2. The standard InChI is InChI=1S/C41H53N5O5/c1-26-35-21-31(41(35,2)3)22-36(26)43-40(48)37-25-51-16-15-46(37)23-28-13-10-14-34(38(28)50-6)29-18-30(20-32(19-29)44-49)39(47)42-33(24-45(4)5)17-27-11-8-7-9-12-27/h7-14,18-20,26,31,33,35-37H,15-17,21-25H2,1-6H3,(H,42,47)(H,43,48)/t26-,31+,33-,35-,36-,37-/m0/s1. The highest BCUT2D eigenvalue weighted by molar-refractivity contribution is 5.97. The zero-order chi connectivity index (χ0) is 36.3. The van der Waals surface area contributed by atoms with Crippen molar-refractivity contribution in [3.63, 3.8) is 0 Å². The smallest absolute Gasteiger partial charge is 0.251 e. The van der Waals surface area contributed by atoms with Crippen molar-refractivity contribution < 1.29 is 19.1 Å². The normalized spacial score (nSPS) is 24.6. The van der Waals surface area contributed by atoms with Crippen LogP contribution in [0.15, 0.2) is 71.9 Å². The average molecular weight is 696 g/mol. The van der Waals surface area contributed by atoms with Crippen LogP contribution in [-0.4, -0.2) is 87.2 Å². The van der Waals surface area contributed by atoms with E-state index in [0.717, 1.165) is 23.1 Å². The van der Waals surface area contributed by atoms with Crippen LogP contribution >= 0.6 is 0 Å². The van der Waals surface area contributed by atoms with Crippen LogP contribution in [0.4, 0.5) is 5.69 Å². The predicted molar refractivity (Wildman–Crippen MR) is 200 cm³/mol. The molecule has 4 aliphatic rings. The molecule has 51 heavy (non-hydrogen) atoms. The van der Waals surface area contributed by atoms with Gasteiger partial charge in [0.2, 0.25) is 5.91 Å². The van der Waals surface area contributed by atoms with E-state index in [2.05, 4.69) is 53.6 Å². The van der Waals surface area contributed by atoms with E-state index < -0.39 is 6.04 Å². The number of nitrogens with zero attached hydrogens (tertiary/aromatic N) is 3. The molecule has 0 radical (unpaired) electrons. The van der Waals surface area contributed by atoms with Crippen molar-refractivity contribution in [3.8, 4) is 16.9 Å². The minimum absolute atomic E-state index is 0.0148. The van der Waals surface area contributed by atoms with E-state index in [-0.39, 0.29) is 29.6 Å². The molecule has 10 heteroatoms. The first-order chi connectivity index (χ1) is 24.5. The van der Waals surface area contributed by atoms with Crippen LogP contribution in [0.2, 0.25) is 0 Å². The molecule has 1 saturated heterocycles. The SMILES string of the molecule is COc1c(CN2CCOC[C@H]2C(=O)N[C@H]2C[C@H]3C[C@@H]([C@@H]2C)C3(C)C)cccc1-c1cc(N=O)cc(C(=O)N[C@@H](Cc2ccccc2)CN(C)C)c1. The molecule has 2 amide bonds. The average Bonchev–Trinajstić information content (AvgIpc) is 3.12. The number of methoxy groups -OCH3 is 1. The number of nitroso groups, excluding NO2 is 1. The lowest BCUT2D eigenvalue weighted by atomic mass is 9.45. The van der Waals surface area contributed by atoms with Gasteiger partial charge in [-0.15, -0.1) is 4.91 Å². The van der Waals surface area contributed by atoms with Crippen molar-refractivity contribution in [3.05, 3.63) is 88.3 Å². The molecule has 2 N–H and O–H groups in total. The first kappa shape index (κ1) is 36.7. The number of hydrogen-bond donors (Lipinski definition) is 2. The monoisotopic (exact) mass is 695 g/mol. The molecule has 4 fully saturated rings. The lowest BCUT2D eigenvalue weighted by molar-refractivity contribution is -0.142. The van der Waals surface area contributed by atoms with Crippen LogP contribution < -0.4 is 15.4 Å². The van der Waals surface area contributed by atoms with Crippen LogP contribution in [0, 0.1) is 28.1 Å². The van der Waals surface area contributed by atoms with Crippen molar-refractivity contribution >= 4 is 17.5 Å². The summed E-state index contributed by atoms with van der Waals surface area (Å²) in [5, 5.41) is 9.81. The molecule has 10 nitrogen and oxygen atoms in total. The van der Waals surface area contributed by atoms with Gasteiger partial charge in [-0.3, -0.25) is 14.5 Å². The predicted octanol–water partition coefficient (Wildman–Crippen LogP) is 6.05. The number of likely N-dealkylation sites (N-methyl/N-ethyl adjacent to an activating group) is 1. The molecule has 3 aromatic carbocycles. The molecule has 0 aromatic heterocycles. The molecule has 3 aliphatic carbocycles.